The number of allylic oxidation sites excluding steroid dienone is 10. The Bertz CT molecular complexity index is 1500. The summed E-state index contributed by atoms with van der Waals surface area (Å²) in [5, 5.41) is 76.4. The molecule has 0 spiro atoms. The number of carbonyl (C=O) groups is 1. The maximum atomic E-state index is 13.2. The lowest BCUT2D eigenvalue weighted by Crippen LogP contribution is -2.60. The first-order valence-corrected chi connectivity index (χ1v) is 34.2. The third-order valence-electron chi connectivity index (χ3n) is 16.2. The van der Waals surface area contributed by atoms with Crippen LogP contribution in [0.4, 0.5) is 0 Å². The van der Waals surface area contributed by atoms with Crippen LogP contribution in [-0.2, 0) is 14.3 Å². The lowest BCUT2D eigenvalue weighted by Gasteiger charge is -2.40. The molecular formula is C70H129NO10. The van der Waals surface area contributed by atoms with Crippen molar-refractivity contribution in [2.45, 2.75) is 364 Å². The maximum Gasteiger partial charge on any atom is 0.249 e. The minimum absolute atomic E-state index is 0.235. The van der Waals surface area contributed by atoms with Crippen LogP contribution in [0.5, 0.6) is 0 Å². The molecule has 1 aliphatic heterocycles. The summed E-state index contributed by atoms with van der Waals surface area (Å²) in [7, 11) is 0. The van der Waals surface area contributed by atoms with Gasteiger partial charge in [-0.25, -0.2) is 0 Å². The van der Waals surface area contributed by atoms with Crippen LogP contribution in [0, 0.1) is 0 Å². The van der Waals surface area contributed by atoms with Gasteiger partial charge in [0.1, 0.15) is 36.6 Å². The molecule has 0 aromatic carbocycles. The van der Waals surface area contributed by atoms with E-state index in [-0.39, 0.29) is 12.8 Å². The van der Waals surface area contributed by atoms with Crippen LogP contribution in [-0.4, -0.2) is 110 Å². The Labute approximate surface area is 497 Å². The third kappa shape index (κ3) is 45.8. The zero-order valence-corrected chi connectivity index (χ0v) is 52.3. The van der Waals surface area contributed by atoms with Crippen molar-refractivity contribution in [3.8, 4) is 0 Å². The van der Waals surface area contributed by atoms with Crippen molar-refractivity contribution in [1.29, 1.82) is 0 Å². The van der Waals surface area contributed by atoms with Crippen LogP contribution >= 0.6 is 0 Å². The molecule has 8 N–H and O–H groups in total. The van der Waals surface area contributed by atoms with Gasteiger partial charge in [-0.05, 0) is 96.3 Å². The molecule has 11 heteroatoms. The Morgan fingerprint density at radius 2 is 0.778 bits per heavy atom. The lowest BCUT2D eigenvalue weighted by molar-refractivity contribution is -0.303. The summed E-state index contributed by atoms with van der Waals surface area (Å²) in [6.45, 7) is 3.46. The van der Waals surface area contributed by atoms with Crippen molar-refractivity contribution in [2.24, 2.45) is 0 Å². The highest BCUT2D eigenvalue weighted by atomic mass is 16.7. The molecule has 0 saturated carbocycles. The number of unbranched alkanes of at least 4 members (excludes halogenated alkanes) is 37. The summed E-state index contributed by atoms with van der Waals surface area (Å²) in [5.74, 6) is -0.719. The van der Waals surface area contributed by atoms with Gasteiger partial charge in [0.05, 0.1) is 25.4 Å². The summed E-state index contributed by atoms with van der Waals surface area (Å²) >= 11 is 0. The molecule has 1 saturated heterocycles. The van der Waals surface area contributed by atoms with Crippen LogP contribution < -0.4 is 5.32 Å². The number of ether oxygens (including phenoxy) is 2. The van der Waals surface area contributed by atoms with Gasteiger partial charge in [-0.2, -0.15) is 0 Å². The Morgan fingerprint density at radius 3 is 1.17 bits per heavy atom. The highest BCUT2D eigenvalue weighted by Crippen LogP contribution is 2.24. The second-order valence-corrected chi connectivity index (χ2v) is 23.9. The van der Waals surface area contributed by atoms with Crippen molar-refractivity contribution in [2.75, 3.05) is 13.2 Å². The summed E-state index contributed by atoms with van der Waals surface area (Å²) in [4.78, 5) is 13.2. The molecule has 0 radical (unpaired) electrons. The first kappa shape index (κ1) is 76.8. The van der Waals surface area contributed by atoms with E-state index in [4.69, 9.17) is 9.47 Å². The number of aliphatic hydroxyl groups excluding tert-OH is 7. The fraction of sp³-hybridized carbons (Fsp3) is 0.843. The largest absolute Gasteiger partial charge is 0.394 e. The summed E-state index contributed by atoms with van der Waals surface area (Å²) < 4.78 is 11.2. The van der Waals surface area contributed by atoms with Gasteiger partial charge in [0.25, 0.3) is 0 Å². The topological polar surface area (TPSA) is 189 Å². The van der Waals surface area contributed by atoms with Crippen molar-refractivity contribution in [3.05, 3.63) is 60.8 Å². The van der Waals surface area contributed by atoms with E-state index in [1.165, 1.54) is 193 Å². The predicted octanol–water partition coefficient (Wildman–Crippen LogP) is 16.1. The second kappa shape index (κ2) is 58.2. The first-order chi connectivity index (χ1) is 39.7. The molecule has 0 aromatic rings. The number of aliphatic hydroxyl groups is 7. The molecule has 0 aromatic heterocycles. The quantitative estimate of drug-likeness (QED) is 0.0215. The average Bonchev–Trinajstić information content (AvgIpc) is 3.49. The average molecular weight is 1140 g/mol. The molecule has 1 rings (SSSR count). The van der Waals surface area contributed by atoms with Crippen molar-refractivity contribution < 1.29 is 50.0 Å². The van der Waals surface area contributed by atoms with E-state index in [1.54, 1.807) is 0 Å². The number of hydrogen-bond donors (Lipinski definition) is 8. The van der Waals surface area contributed by atoms with Crippen LogP contribution in [0.25, 0.3) is 0 Å². The Morgan fingerprint density at radius 1 is 0.432 bits per heavy atom. The van der Waals surface area contributed by atoms with Crippen molar-refractivity contribution >= 4 is 5.91 Å². The molecule has 1 fully saturated rings. The number of hydrogen-bond acceptors (Lipinski definition) is 10. The van der Waals surface area contributed by atoms with Gasteiger partial charge in [-0.3, -0.25) is 4.79 Å². The molecule has 9 atom stereocenters. The highest BCUT2D eigenvalue weighted by molar-refractivity contribution is 5.80. The van der Waals surface area contributed by atoms with Gasteiger partial charge < -0.3 is 50.5 Å². The fourth-order valence-electron chi connectivity index (χ4n) is 10.7. The van der Waals surface area contributed by atoms with E-state index >= 15 is 0 Å². The van der Waals surface area contributed by atoms with Gasteiger partial charge in [-0.15, -0.1) is 0 Å². The molecule has 1 heterocycles. The maximum absolute atomic E-state index is 13.2. The fourth-order valence-corrected chi connectivity index (χ4v) is 10.7. The van der Waals surface area contributed by atoms with E-state index in [1.807, 2.05) is 0 Å². The van der Waals surface area contributed by atoms with E-state index in [2.05, 4.69) is 79.9 Å². The van der Waals surface area contributed by atoms with Gasteiger partial charge in [0, 0.05) is 0 Å². The number of nitrogens with one attached hydrogen (secondary N) is 1. The van der Waals surface area contributed by atoms with Crippen LogP contribution in [0.2, 0.25) is 0 Å². The minimum atomic E-state index is -1.68. The van der Waals surface area contributed by atoms with Gasteiger partial charge in [0.2, 0.25) is 5.91 Å². The van der Waals surface area contributed by atoms with E-state index < -0.39 is 74.2 Å². The summed E-state index contributed by atoms with van der Waals surface area (Å²) in [6.07, 6.45) is 65.9. The van der Waals surface area contributed by atoms with Crippen LogP contribution in [0.15, 0.2) is 60.8 Å². The molecule has 0 aliphatic carbocycles. The molecule has 1 amide bonds. The molecule has 1 aliphatic rings. The van der Waals surface area contributed by atoms with Crippen molar-refractivity contribution in [1.82, 2.24) is 5.32 Å². The molecule has 0 bridgehead atoms. The normalized spacial score (nSPS) is 19.5. The van der Waals surface area contributed by atoms with Gasteiger partial charge >= 0.3 is 0 Å². The first-order valence-electron chi connectivity index (χ1n) is 34.2. The molecule has 11 nitrogen and oxygen atoms in total. The zero-order chi connectivity index (χ0) is 58.9. The van der Waals surface area contributed by atoms with Gasteiger partial charge in [0.15, 0.2) is 6.29 Å². The van der Waals surface area contributed by atoms with Gasteiger partial charge in [-0.1, -0.05) is 274 Å². The van der Waals surface area contributed by atoms with E-state index in [0.717, 1.165) is 70.6 Å². The summed E-state index contributed by atoms with van der Waals surface area (Å²) in [6, 6.07) is -1.20. The van der Waals surface area contributed by atoms with Crippen LogP contribution in [0.3, 0.4) is 0 Å². The smallest absolute Gasteiger partial charge is 0.249 e. The molecule has 81 heavy (non-hydrogen) atoms. The predicted molar refractivity (Wildman–Crippen MR) is 339 cm³/mol. The van der Waals surface area contributed by atoms with Crippen LogP contribution in [0.1, 0.15) is 309 Å². The van der Waals surface area contributed by atoms with E-state index in [9.17, 15) is 40.5 Å². The summed E-state index contributed by atoms with van der Waals surface area (Å²) in [5.41, 5.74) is 0. The number of amides is 1. The van der Waals surface area contributed by atoms with E-state index in [0.29, 0.717) is 19.3 Å². The Hall–Kier alpha value is -2.19. The second-order valence-electron chi connectivity index (χ2n) is 23.9. The Kier molecular flexibility index (Phi) is 55.2. The highest BCUT2D eigenvalue weighted by Gasteiger charge is 2.44. The Balaban J connectivity index is 2.27. The SMILES string of the molecule is CCCCCCCCCCC/C=C\C/C=C\CCCCCCCCC(O)C(=O)NC(COC1OC(CO)C(O)C(O)C1O)C(O)C(O)CCC/C=C/CC/C=C/CC/C=C/CCCCCCCCCCCCCCCCCCCCC. The monoisotopic (exact) mass is 1140 g/mol. The minimum Gasteiger partial charge on any atom is -0.394 e. The molecular weight excluding hydrogens is 1010 g/mol. The van der Waals surface area contributed by atoms with Crippen molar-refractivity contribution in [3.63, 3.8) is 0 Å². The molecule has 474 valence electrons. The number of carbonyl (C=O) groups excluding carboxylic acids is 1. The third-order valence-corrected chi connectivity index (χ3v) is 16.2. The lowest BCUT2D eigenvalue weighted by atomic mass is 9.98. The molecule has 9 unspecified atom stereocenters. The standard InChI is InChI=1S/C70H129NO10/c1-3-5-7-9-11-13-15-17-19-21-23-25-27-28-29-30-31-32-33-34-35-36-38-39-41-43-45-47-49-51-53-55-57-62(73)65(75)61(60-80-70-68(78)67(77)66(76)64(59-72)81-70)71-69(79)63(74)58-56-54-52-50-48-46-44-42-40-37-26-24-22-20-18-16-14-12-10-8-6-4-2/h24,26,35-36,40-43,49,51,61-68,70,72-78H,3-23,25,27-34,37-39,44-48,50,52-60H2,1-2H3,(H,71,79)/b26-24-,36-35+,42-40-,43-41+,51-49+. The zero-order valence-electron chi connectivity index (χ0n) is 52.3. The number of rotatable bonds is 59.